The van der Waals surface area contributed by atoms with E-state index in [-0.39, 0.29) is 11.8 Å². The van der Waals surface area contributed by atoms with Crippen LogP contribution in [0.4, 0.5) is 0 Å². The van der Waals surface area contributed by atoms with Crippen molar-refractivity contribution in [3.05, 3.63) is 24.2 Å². The van der Waals surface area contributed by atoms with Crippen LogP contribution in [0, 0.1) is 6.92 Å². The van der Waals surface area contributed by atoms with E-state index >= 15 is 0 Å². The van der Waals surface area contributed by atoms with Crippen LogP contribution in [-0.2, 0) is 9.59 Å². The Hall–Kier alpha value is -2.44. The number of nitrogens with one attached hydrogen (secondary N) is 1. The Labute approximate surface area is 141 Å². The van der Waals surface area contributed by atoms with Gasteiger partial charge < -0.3 is 14.8 Å². The fraction of sp³-hybridized carbons (Fsp3) is 0.529. The third-order valence-electron chi connectivity index (χ3n) is 4.56. The molecule has 7 heteroatoms. The normalized spacial score (nSPS) is 17.0. The minimum absolute atomic E-state index is 0.0195. The van der Waals surface area contributed by atoms with Crippen molar-refractivity contribution in [1.82, 2.24) is 24.8 Å². The Bertz CT molecular complexity index is 761. The van der Waals surface area contributed by atoms with Crippen LogP contribution in [0.15, 0.2) is 18.3 Å². The van der Waals surface area contributed by atoms with Crippen LogP contribution in [0.25, 0.3) is 11.2 Å². The van der Waals surface area contributed by atoms with Crippen LogP contribution >= 0.6 is 0 Å². The zero-order valence-corrected chi connectivity index (χ0v) is 14.3. The zero-order valence-electron chi connectivity index (χ0n) is 14.3. The van der Waals surface area contributed by atoms with Gasteiger partial charge in [-0.05, 0) is 38.8 Å². The van der Waals surface area contributed by atoms with Crippen molar-refractivity contribution >= 4 is 23.0 Å². The highest BCUT2D eigenvalue weighted by atomic mass is 16.2. The molecular weight excluding hydrogens is 306 g/mol. The van der Waals surface area contributed by atoms with Gasteiger partial charge in [-0.15, -0.1) is 0 Å². The van der Waals surface area contributed by atoms with E-state index in [0.29, 0.717) is 19.1 Å². The van der Waals surface area contributed by atoms with Crippen LogP contribution in [0.3, 0.4) is 0 Å². The fourth-order valence-electron chi connectivity index (χ4n) is 3.46. The maximum Gasteiger partial charge on any atom is 0.244 e. The SMILES string of the molecule is CC(=O)N[C@@H](C)C(=O)N1CCC(n2c(C)nc3cccnc32)CC1. The van der Waals surface area contributed by atoms with E-state index in [1.807, 2.05) is 24.0 Å². The van der Waals surface area contributed by atoms with Gasteiger partial charge in [0.15, 0.2) is 5.65 Å². The molecule has 24 heavy (non-hydrogen) atoms. The predicted molar refractivity (Wildman–Crippen MR) is 90.4 cm³/mol. The molecule has 0 saturated carbocycles. The van der Waals surface area contributed by atoms with Gasteiger partial charge in [0.1, 0.15) is 17.4 Å². The number of aryl methyl sites for hydroxylation is 1. The Morgan fingerprint density at radius 2 is 2.04 bits per heavy atom. The molecule has 0 aliphatic carbocycles. The Morgan fingerprint density at radius 3 is 2.71 bits per heavy atom. The fourth-order valence-corrected chi connectivity index (χ4v) is 3.46. The number of hydrogen-bond donors (Lipinski definition) is 1. The molecule has 0 unspecified atom stereocenters. The first-order valence-electron chi connectivity index (χ1n) is 8.33. The Kier molecular flexibility index (Phi) is 4.51. The Balaban J connectivity index is 1.70. The number of hydrogen-bond acceptors (Lipinski definition) is 4. The van der Waals surface area contributed by atoms with Crippen molar-refractivity contribution in [2.24, 2.45) is 0 Å². The van der Waals surface area contributed by atoms with E-state index in [0.717, 1.165) is 29.8 Å². The molecule has 7 nitrogen and oxygen atoms in total. The molecule has 1 fully saturated rings. The summed E-state index contributed by atoms with van der Waals surface area (Å²) in [6.07, 6.45) is 3.51. The minimum Gasteiger partial charge on any atom is -0.345 e. The summed E-state index contributed by atoms with van der Waals surface area (Å²) in [7, 11) is 0. The summed E-state index contributed by atoms with van der Waals surface area (Å²) in [6.45, 7) is 6.51. The van der Waals surface area contributed by atoms with E-state index in [4.69, 9.17) is 0 Å². The van der Waals surface area contributed by atoms with Gasteiger partial charge >= 0.3 is 0 Å². The summed E-state index contributed by atoms with van der Waals surface area (Å²) in [5, 5.41) is 2.66. The maximum atomic E-state index is 12.4. The van der Waals surface area contributed by atoms with Gasteiger partial charge in [0.05, 0.1) is 0 Å². The number of carbonyl (C=O) groups excluding carboxylic acids is 2. The number of piperidine rings is 1. The lowest BCUT2D eigenvalue weighted by Crippen LogP contribution is -2.49. The second-order valence-electron chi connectivity index (χ2n) is 6.35. The van der Waals surface area contributed by atoms with Gasteiger partial charge in [-0.3, -0.25) is 9.59 Å². The van der Waals surface area contributed by atoms with Crippen molar-refractivity contribution in [3.8, 4) is 0 Å². The highest BCUT2D eigenvalue weighted by Gasteiger charge is 2.28. The third kappa shape index (κ3) is 3.11. The lowest BCUT2D eigenvalue weighted by Gasteiger charge is -2.34. The molecule has 0 bridgehead atoms. The summed E-state index contributed by atoms with van der Waals surface area (Å²) in [5.41, 5.74) is 1.82. The number of aromatic nitrogens is 3. The van der Waals surface area contributed by atoms with Gasteiger partial charge in [-0.25, -0.2) is 9.97 Å². The topological polar surface area (TPSA) is 80.1 Å². The standard InChI is InChI=1S/C17H23N5O2/c1-11(19-13(3)23)17(24)21-9-6-14(7-10-21)22-12(2)20-15-5-4-8-18-16(15)22/h4-5,8,11,14H,6-7,9-10H2,1-3H3,(H,19,23)/t11-/m0/s1. The summed E-state index contributed by atoms with van der Waals surface area (Å²) in [5.74, 6) is 0.756. The molecule has 1 atom stereocenters. The number of pyridine rings is 1. The van der Waals surface area contributed by atoms with Gasteiger partial charge in [0, 0.05) is 32.3 Å². The summed E-state index contributed by atoms with van der Waals surface area (Å²) < 4.78 is 2.19. The van der Waals surface area contributed by atoms with E-state index in [9.17, 15) is 9.59 Å². The van der Waals surface area contributed by atoms with E-state index < -0.39 is 6.04 Å². The monoisotopic (exact) mass is 329 g/mol. The lowest BCUT2D eigenvalue weighted by atomic mass is 10.0. The first kappa shape index (κ1) is 16.4. The van der Waals surface area contributed by atoms with E-state index in [1.54, 1.807) is 13.1 Å². The highest BCUT2D eigenvalue weighted by Crippen LogP contribution is 2.27. The van der Waals surface area contributed by atoms with Crippen molar-refractivity contribution in [1.29, 1.82) is 0 Å². The average molecular weight is 329 g/mol. The maximum absolute atomic E-state index is 12.4. The van der Waals surface area contributed by atoms with Crippen molar-refractivity contribution in [2.45, 2.75) is 45.7 Å². The van der Waals surface area contributed by atoms with Crippen molar-refractivity contribution in [3.63, 3.8) is 0 Å². The summed E-state index contributed by atoms with van der Waals surface area (Å²) >= 11 is 0. The number of likely N-dealkylation sites (tertiary alicyclic amines) is 1. The molecular formula is C17H23N5O2. The molecule has 128 valence electrons. The Morgan fingerprint density at radius 1 is 1.33 bits per heavy atom. The number of nitrogens with zero attached hydrogens (tertiary/aromatic N) is 4. The molecule has 3 heterocycles. The molecule has 1 N–H and O–H groups in total. The molecule has 2 aromatic heterocycles. The average Bonchev–Trinajstić information content (AvgIpc) is 2.89. The van der Waals surface area contributed by atoms with Crippen LogP contribution in [0.1, 0.15) is 38.6 Å². The molecule has 1 aliphatic heterocycles. The molecule has 3 rings (SSSR count). The largest absolute Gasteiger partial charge is 0.345 e. The lowest BCUT2D eigenvalue weighted by molar-refractivity contribution is -0.136. The minimum atomic E-state index is -0.475. The van der Waals surface area contributed by atoms with Crippen LogP contribution < -0.4 is 5.32 Å². The van der Waals surface area contributed by atoms with Gasteiger partial charge in [-0.2, -0.15) is 0 Å². The summed E-state index contributed by atoms with van der Waals surface area (Å²) in [6, 6.07) is 3.69. The quantitative estimate of drug-likeness (QED) is 0.924. The van der Waals surface area contributed by atoms with Crippen molar-refractivity contribution in [2.75, 3.05) is 13.1 Å². The molecule has 0 aromatic carbocycles. The molecule has 0 radical (unpaired) electrons. The molecule has 2 aromatic rings. The summed E-state index contributed by atoms with van der Waals surface area (Å²) in [4.78, 5) is 34.4. The molecule has 2 amide bonds. The second-order valence-corrected chi connectivity index (χ2v) is 6.35. The number of amides is 2. The second kappa shape index (κ2) is 6.59. The van der Waals surface area contributed by atoms with Crippen molar-refractivity contribution < 1.29 is 9.59 Å². The highest BCUT2D eigenvalue weighted by molar-refractivity contribution is 5.86. The predicted octanol–water partition coefficient (Wildman–Crippen LogP) is 1.43. The number of fused-ring (bicyclic) bond motifs is 1. The number of rotatable bonds is 3. The van der Waals surface area contributed by atoms with E-state index in [1.165, 1.54) is 6.92 Å². The van der Waals surface area contributed by atoms with Crippen LogP contribution in [0.2, 0.25) is 0 Å². The number of carbonyl (C=O) groups is 2. The zero-order chi connectivity index (χ0) is 17.3. The van der Waals surface area contributed by atoms with E-state index in [2.05, 4.69) is 19.9 Å². The first-order valence-corrected chi connectivity index (χ1v) is 8.33. The number of imidazole rings is 1. The van der Waals surface area contributed by atoms with Gasteiger partial charge in [0.2, 0.25) is 11.8 Å². The third-order valence-corrected chi connectivity index (χ3v) is 4.56. The van der Waals surface area contributed by atoms with Crippen LogP contribution in [-0.4, -0.2) is 50.4 Å². The van der Waals surface area contributed by atoms with Crippen LogP contribution in [0.5, 0.6) is 0 Å². The van der Waals surface area contributed by atoms with Gasteiger partial charge in [-0.1, -0.05) is 0 Å². The first-order chi connectivity index (χ1) is 11.5. The molecule has 0 spiro atoms. The molecule has 1 saturated heterocycles. The van der Waals surface area contributed by atoms with Gasteiger partial charge in [0.25, 0.3) is 0 Å². The smallest absolute Gasteiger partial charge is 0.244 e. The molecule has 1 aliphatic rings.